The molecular formula is C36H72O4. The number of hydrogen-bond donors (Lipinski definition) is 1. The van der Waals surface area contributed by atoms with Crippen LogP contribution in [0.5, 0.6) is 0 Å². The Bertz CT molecular complexity index is 547. The van der Waals surface area contributed by atoms with Gasteiger partial charge in [0.2, 0.25) is 0 Å². The minimum atomic E-state index is -0.550. The van der Waals surface area contributed by atoms with Crippen LogP contribution in [-0.4, -0.2) is 23.7 Å². The summed E-state index contributed by atoms with van der Waals surface area (Å²) in [4.78, 5) is 23.5. The standard InChI is InChI=1S/2C18H36O2/c1-4-7-9-10-12-15-18(19)20-16-17(13-6-3)14-11-8-5-2;1-4-7-9-11-13-16-18(14-6-3,17(19)20)15-12-10-8-5-2/h17H,4-16H2,1-3H3;4-16H2,1-3H3,(H,19,20). The molecule has 0 radical (unpaired) electrons. The quantitative estimate of drug-likeness (QED) is 0.0753. The Labute approximate surface area is 251 Å². The first-order valence-corrected chi connectivity index (χ1v) is 17.8. The number of carboxylic acid groups (broad SMARTS) is 1. The van der Waals surface area contributed by atoms with Gasteiger partial charge in [0.1, 0.15) is 0 Å². The predicted molar refractivity (Wildman–Crippen MR) is 174 cm³/mol. The molecular weight excluding hydrogens is 496 g/mol. The van der Waals surface area contributed by atoms with Gasteiger partial charge >= 0.3 is 11.9 Å². The molecule has 40 heavy (non-hydrogen) atoms. The molecule has 2 unspecified atom stereocenters. The SMILES string of the molecule is CCCCCCCC(=O)OCC(CCC)CCCCC.CCCCCCCC(CCC)(CCCCCC)C(=O)O. The molecule has 0 aliphatic rings. The molecule has 0 aromatic rings. The van der Waals surface area contributed by atoms with Crippen LogP contribution in [0.3, 0.4) is 0 Å². The number of carbonyl (C=O) groups is 2. The first-order valence-electron chi connectivity index (χ1n) is 17.8. The lowest BCUT2D eigenvalue weighted by Gasteiger charge is -2.29. The van der Waals surface area contributed by atoms with E-state index in [2.05, 4.69) is 41.5 Å². The number of hydrogen-bond acceptors (Lipinski definition) is 3. The normalized spacial score (nSPS) is 13.2. The molecule has 4 heteroatoms. The molecule has 4 nitrogen and oxygen atoms in total. The molecule has 0 heterocycles. The largest absolute Gasteiger partial charge is 0.481 e. The van der Waals surface area contributed by atoms with Crippen LogP contribution in [-0.2, 0) is 14.3 Å². The zero-order valence-electron chi connectivity index (χ0n) is 28.1. The van der Waals surface area contributed by atoms with E-state index in [4.69, 9.17) is 4.74 Å². The van der Waals surface area contributed by atoms with Crippen molar-refractivity contribution >= 4 is 11.9 Å². The number of esters is 1. The Morgan fingerprint density at radius 2 is 1.02 bits per heavy atom. The summed E-state index contributed by atoms with van der Waals surface area (Å²) in [5.41, 5.74) is -0.436. The summed E-state index contributed by atoms with van der Waals surface area (Å²) >= 11 is 0. The van der Waals surface area contributed by atoms with Crippen molar-refractivity contribution in [3.05, 3.63) is 0 Å². The Kier molecular flexibility index (Phi) is 31.7. The third kappa shape index (κ3) is 24.7. The second-order valence-electron chi connectivity index (χ2n) is 12.3. The first-order chi connectivity index (χ1) is 19.4. The summed E-state index contributed by atoms with van der Waals surface area (Å²) in [6, 6.07) is 0. The predicted octanol–water partition coefficient (Wildman–Crippen LogP) is 12.1. The van der Waals surface area contributed by atoms with Gasteiger partial charge in [-0.1, -0.05) is 157 Å². The number of ether oxygens (including phenoxy) is 1. The fraction of sp³-hybridized carbons (Fsp3) is 0.944. The van der Waals surface area contributed by atoms with E-state index in [1.54, 1.807) is 0 Å². The van der Waals surface area contributed by atoms with Gasteiger partial charge < -0.3 is 9.84 Å². The maximum atomic E-state index is 11.8. The van der Waals surface area contributed by atoms with Gasteiger partial charge in [0.25, 0.3) is 0 Å². The molecule has 0 bridgehead atoms. The first kappa shape index (κ1) is 41.1. The van der Waals surface area contributed by atoms with Crippen molar-refractivity contribution in [2.45, 2.75) is 202 Å². The van der Waals surface area contributed by atoms with Crippen molar-refractivity contribution in [3.8, 4) is 0 Å². The number of carboxylic acids is 1. The Morgan fingerprint density at radius 3 is 1.50 bits per heavy atom. The van der Waals surface area contributed by atoms with Crippen LogP contribution in [0.4, 0.5) is 0 Å². The lowest BCUT2D eigenvalue weighted by molar-refractivity contribution is -0.151. The van der Waals surface area contributed by atoms with E-state index in [0.29, 0.717) is 18.9 Å². The molecule has 240 valence electrons. The molecule has 0 spiro atoms. The van der Waals surface area contributed by atoms with Gasteiger partial charge in [-0.15, -0.1) is 0 Å². The third-order valence-electron chi connectivity index (χ3n) is 8.33. The summed E-state index contributed by atoms with van der Waals surface area (Å²) in [5.74, 6) is 0.0417. The lowest BCUT2D eigenvalue weighted by Crippen LogP contribution is -2.31. The van der Waals surface area contributed by atoms with E-state index in [-0.39, 0.29) is 5.97 Å². The molecule has 0 saturated carbocycles. The third-order valence-corrected chi connectivity index (χ3v) is 8.33. The molecule has 0 amide bonds. The fourth-order valence-electron chi connectivity index (χ4n) is 5.69. The van der Waals surface area contributed by atoms with Crippen LogP contribution in [0.25, 0.3) is 0 Å². The minimum Gasteiger partial charge on any atom is -0.481 e. The van der Waals surface area contributed by atoms with Gasteiger partial charge in [-0.25, -0.2) is 0 Å². The van der Waals surface area contributed by atoms with Crippen LogP contribution in [0, 0.1) is 11.3 Å². The topological polar surface area (TPSA) is 63.6 Å². The van der Waals surface area contributed by atoms with E-state index in [1.807, 2.05) is 0 Å². The van der Waals surface area contributed by atoms with E-state index in [1.165, 1.54) is 103 Å². The Balaban J connectivity index is 0. The van der Waals surface area contributed by atoms with Gasteiger partial charge in [0.15, 0.2) is 0 Å². The van der Waals surface area contributed by atoms with Crippen molar-refractivity contribution in [1.29, 1.82) is 0 Å². The van der Waals surface area contributed by atoms with Gasteiger partial charge in [-0.3, -0.25) is 9.59 Å². The fourth-order valence-corrected chi connectivity index (χ4v) is 5.69. The Morgan fingerprint density at radius 1 is 0.550 bits per heavy atom. The maximum Gasteiger partial charge on any atom is 0.309 e. The van der Waals surface area contributed by atoms with Crippen molar-refractivity contribution < 1.29 is 19.4 Å². The van der Waals surface area contributed by atoms with Crippen molar-refractivity contribution in [2.24, 2.45) is 11.3 Å². The molecule has 0 aliphatic carbocycles. The van der Waals surface area contributed by atoms with Crippen LogP contribution in [0.2, 0.25) is 0 Å². The highest BCUT2D eigenvalue weighted by molar-refractivity contribution is 5.74. The second-order valence-corrected chi connectivity index (χ2v) is 12.3. The van der Waals surface area contributed by atoms with Crippen molar-refractivity contribution in [2.75, 3.05) is 6.61 Å². The molecule has 0 aromatic heterocycles. The highest BCUT2D eigenvalue weighted by Gasteiger charge is 2.36. The number of unbranched alkanes of at least 4 members (excludes halogenated alkanes) is 13. The van der Waals surface area contributed by atoms with Gasteiger partial charge in [0.05, 0.1) is 12.0 Å². The number of rotatable bonds is 28. The second kappa shape index (κ2) is 30.9. The monoisotopic (exact) mass is 569 g/mol. The molecule has 0 rings (SSSR count). The van der Waals surface area contributed by atoms with Crippen molar-refractivity contribution in [3.63, 3.8) is 0 Å². The van der Waals surface area contributed by atoms with E-state index in [0.717, 1.165) is 51.4 Å². The van der Waals surface area contributed by atoms with Gasteiger partial charge in [0, 0.05) is 6.42 Å². The molecule has 2 atom stereocenters. The smallest absolute Gasteiger partial charge is 0.309 e. The van der Waals surface area contributed by atoms with E-state index < -0.39 is 11.4 Å². The summed E-state index contributed by atoms with van der Waals surface area (Å²) in [6.45, 7) is 13.8. The zero-order valence-corrected chi connectivity index (χ0v) is 28.1. The maximum absolute atomic E-state index is 11.8. The molecule has 0 aliphatic heterocycles. The lowest BCUT2D eigenvalue weighted by atomic mass is 9.74. The summed E-state index contributed by atoms with van der Waals surface area (Å²) in [5, 5.41) is 9.71. The average Bonchev–Trinajstić information content (AvgIpc) is 2.94. The number of aliphatic carboxylic acids is 1. The average molecular weight is 569 g/mol. The van der Waals surface area contributed by atoms with Gasteiger partial charge in [-0.05, 0) is 44.4 Å². The van der Waals surface area contributed by atoms with Crippen LogP contribution in [0.1, 0.15) is 202 Å². The van der Waals surface area contributed by atoms with Crippen molar-refractivity contribution in [1.82, 2.24) is 0 Å². The molecule has 0 aromatic carbocycles. The van der Waals surface area contributed by atoms with E-state index in [9.17, 15) is 14.7 Å². The van der Waals surface area contributed by atoms with Gasteiger partial charge in [-0.2, -0.15) is 0 Å². The Hall–Kier alpha value is -1.06. The summed E-state index contributed by atoms with van der Waals surface area (Å²) in [7, 11) is 0. The summed E-state index contributed by atoms with van der Waals surface area (Å²) in [6.07, 6.45) is 28.3. The number of carbonyl (C=O) groups excluding carboxylic acids is 1. The van der Waals surface area contributed by atoms with E-state index >= 15 is 0 Å². The molecule has 1 N–H and O–H groups in total. The summed E-state index contributed by atoms with van der Waals surface area (Å²) < 4.78 is 5.46. The highest BCUT2D eigenvalue weighted by Crippen LogP contribution is 2.37. The zero-order chi connectivity index (χ0) is 30.3. The van der Waals surface area contributed by atoms with Crippen LogP contribution in [0.15, 0.2) is 0 Å². The van der Waals surface area contributed by atoms with Crippen LogP contribution < -0.4 is 0 Å². The highest BCUT2D eigenvalue weighted by atomic mass is 16.5. The van der Waals surface area contributed by atoms with Crippen LogP contribution >= 0.6 is 0 Å². The molecule has 0 fully saturated rings. The minimum absolute atomic E-state index is 0.0121. The molecule has 0 saturated heterocycles.